The van der Waals surface area contributed by atoms with Gasteiger partial charge in [0, 0.05) is 43.2 Å². The van der Waals surface area contributed by atoms with Gasteiger partial charge in [0.05, 0.1) is 12.7 Å². The van der Waals surface area contributed by atoms with Crippen LogP contribution in [-0.2, 0) is 25.6 Å². The van der Waals surface area contributed by atoms with Crippen molar-refractivity contribution in [2.75, 3.05) is 19.6 Å². The quantitative estimate of drug-likeness (QED) is 0.580. The Bertz CT molecular complexity index is 556. The number of esters is 1. The number of carbonyl (C=O) groups is 2. The van der Waals surface area contributed by atoms with Gasteiger partial charge in [0.25, 0.3) is 0 Å². The summed E-state index contributed by atoms with van der Waals surface area (Å²) < 4.78 is 17.7. The first kappa shape index (κ1) is 14.5. The third-order valence-electron chi connectivity index (χ3n) is 2.20. The van der Waals surface area contributed by atoms with Crippen LogP contribution in [0.5, 0.6) is 0 Å². The predicted octanol–water partition coefficient (Wildman–Crippen LogP) is 0.580. The summed E-state index contributed by atoms with van der Waals surface area (Å²) in [7, 11) is -0.831. The monoisotopic (exact) mass is 271 g/mol. The number of hydrogen-bond donors (Lipinski definition) is 0. The van der Waals surface area contributed by atoms with Gasteiger partial charge in [-0.25, -0.2) is 4.79 Å². The maximum absolute atomic E-state index is 11.5. The zero-order chi connectivity index (χ0) is 13.8. The average molecular weight is 271 g/mol. The Kier molecular flexibility index (Phi) is 4.72. The fourth-order valence-electron chi connectivity index (χ4n) is 1.43. The molecule has 100 valence electrons. The zero-order valence-corrected chi connectivity index (χ0v) is 11.5. The lowest BCUT2D eigenvalue weighted by Crippen LogP contribution is -2.11. The van der Waals surface area contributed by atoms with E-state index < -0.39 is 15.5 Å². The molecule has 1 rings (SSSR count). The van der Waals surface area contributed by atoms with Gasteiger partial charge >= 0.3 is 5.97 Å². The van der Waals surface area contributed by atoms with E-state index in [1.807, 2.05) is 0 Å². The van der Waals surface area contributed by atoms with Gasteiger partial charge in [-0.2, -0.15) is 0 Å². The molecule has 1 aromatic heterocycles. The van der Waals surface area contributed by atoms with Crippen LogP contribution in [0.1, 0.15) is 16.8 Å². The van der Waals surface area contributed by atoms with Crippen molar-refractivity contribution < 1.29 is 18.5 Å². The fourth-order valence-corrected chi connectivity index (χ4v) is 2.18. The van der Waals surface area contributed by atoms with Gasteiger partial charge in [-0.1, -0.05) is 0 Å². The van der Waals surface area contributed by atoms with Crippen LogP contribution in [0.25, 0.3) is 0 Å². The van der Waals surface area contributed by atoms with Crippen LogP contribution in [-0.4, -0.2) is 45.5 Å². The van der Waals surface area contributed by atoms with E-state index in [1.54, 1.807) is 23.0 Å². The Balaban J connectivity index is 2.60. The van der Waals surface area contributed by atoms with E-state index in [0.29, 0.717) is 12.1 Å². The van der Waals surface area contributed by atoms with Crippen molar-refractivity contribution in [2.45, 2.75) is 13.0 Å². The number of ketones is 1. The summed E-state index contributed by atoms with van der Waals surface area (Å²) in [6, 6.07) is 1.63. The summed E-state index contributed by atoms with van der Waals surface area (Å²) in [5.74, 6) is -0.560. The molecule has 0 aliphatic rings. The number of aromatic nitrogens is 1. The van der Waals surface area contributed by atoms with Crippen LogP contribution >= 0.6 is 0 Å². The lowest BCUT2D eigenvalue weighted by molar-refractivity contribution is -0.112. The van der Waals surface area contributed by atoms with Gasteiger partial charge in [0.2, 0.25) is 0 Å². The molecule has 0 spiro atoms. The van der Waals surface area contributed by atoms with Gasteiger partial charge in [-0.3, -0.25) is 9.00 Å². The van der Waals surface area contributed by atoms with Crippen LogP contribution in [0, 0.1) is 0 Å². The van der Waals surface area contributed by atoms with Gasteiger partial charge in [0.15, 0.2) is 5.78 Å². The molecule has 0 atom stereocenters. The molecular formula is C12H17NO4S. The Morgan fingerprint density at radius 3 is 2.67 bits per heavy atom. The maximum Gasteiger partial charge on any atom is 0.339 e. The number of hydrogen-bond acceptors (Lipinski definition) is 4. The average Bonchev–Trinajstić information content (AvgIpc) is 2.71. The normalized spacial score (nSPS) is 11.1. The van der Waals surface area contributed by atoms with Gasteiger partial charge < -0.3 is 9.30 Å². The number of methoxy groups -OCH3 is 1. The van der Waals surface area contributed by atoms with Crippen molar-refractivity contribution in [1.82, 2.24) is 4.57 Å². The van der Waals surface area contributed by atoms with E-state index in [0.717, 1.165) is 0 Å². The summed E-state index contributed by atoms with van der Waals surface area (Å²) >= 11 is 0. The van der Waals surface area contributed by atoms with E-state index in [1.165, 1.54) is 25.0 Å². The minimum Gasteiger partial charge on any atom is -0.465 e. The molecule has 0 saturated heterocycles. The van der Waals surface area contributed by atoms with E-state index in [2.05, 4.69) is 4.74 Å². The number of carbonyl (C=O) groups excluding carboxylic acids is 2. The van der Waals surface area contributed by atoms with Crippen LogP contribution in [0.3, 0.4) is 0 Å². The van der Waals surface area contributed by atoms with Crippen molar-refractivity contribution in [3.8, 4) is 0 Å². The third kappa shape index (κ3) is 4.75. The Hall–Kier alpha value is -1.56. The lowest BCUT2D eigenvalue weighted by Gasteiger charge is -2.00. The molecule has 0 radical (unpaired) electrons. The molecule has 0 fully saturated rings. The molecule has 1 heterocycles. The standard InChI is InChI=1S/C12H17NO4S/c1-17-12(15)10-4-6-13(8-10)7-5-11(14)9-18(2,3)16/h4,6,8-9H,5,7H2,1-3H3. The number of aryl methyl sites for hydroxylation is 1. The Labute approximate surface area is 107 Å². The first-order valence-electron chi connectivity index (χ1n) is 5.38. The number of ether oxygens (including phenoxy) is 1. The molecule has 5 nitrogen and oxygen atoms in total. The summed E-state index contributed by atoms with van der Waals surface area (Å²) in [5, 5.41) is 1.26. The molecule has 0 bridgehead atoms. The van der Waals surface area contributed by atoms with Crippen molar-refractivity contribution in [2.24, 2.45) is 0 Å². The predicted molar refractivity (Wildman–Crippen MR) is 71.4 cm³/mol. The van der Waals surface area contributed by atoms with E-state index in [4.69, 9.17) is 0 Å². The first-order valence-corrected chi connectivity index (χ1v) is 7.81. The molecule has 0 aliphatic heterocycles. The fraction of sp³-hybridized carbons (Fsp3) is 0.417. The number of Topliss-reactive ketones (excluding diaryl/α,β-unsaturated/α-hetero) is 1. The highest BCUT2D eigenvalue weighted by molar-refractivity contribution is 8.01. The summed E-state index contributed by atoms with van der Waals surface area (Å²) in [5.41, 5.74) is 0.448. The van der Waals surface area contributed by atoms with Crippen LogP contribution in [0.4, 0.5) is 0 Å². The third-order valence-corrected chi connectivity index (χ3v) is 3.03. The highest BCUT2D eigenvalue weighted by Gasteiger charge is 2.07. The number of nitrogens with zero attached hydrogens (tertiary/aromatic N) is 1. The van der Waals surface area contributed by atoms with Gasteiger partial charge in [0.1, 0.15) is 0 Å². The summed E-state index contributed by atoms with van der Waals surface area (Å²) in [6.07, 6.45) is 6.63. The lowest BCUT2D eigenvalue weighted by atomic mass is 10.3. The zero-order valence-electron chi connectivity index (χ0n) is 10.7. The topological polar surface area (TPSA) is 65.4 Å². The molecule has 0 aliphatic carbocycles. The van der Waals surface area contributed by atoms with E-state index in [-0.39, 0.29) is 12.2 Å². The first-order chi connectivity index (χ1) is 8.31. The highest BCUT2D eigenvalue weighted by Crippen LogP contribution is 2.04. The molecule has 0 aromatic carbocycles. The second kappa shape index (κ2) is 5.86. The maximum atomic E-state index is 11.5. The summed E-state index contributed by atoms with van der Waals surface area (Å²) in [6.45, 7) is 0.446. The van der Waals surface area contributed by atoms with Crippen LogP contribution < -0.4 is 0 Å². The molecular weight excluding hydrogens is 254 g/mol. The molecule has 18 heavy (non-hydrogen) atoms. The molecule has 6 heteroatoms. The highest BCUT2D eigenvalue weighted by atomic mass is 32.2. The van der Waals surface area contributed by atoms with Crippen molar-refractivity contribution in [3.05, 3.63) is 24.0 Å². The van der Waals surface area contributed by atoms with Crippen molar-refractivity contribution in [1.29, 1.82) is 0 Å². The summed E-state index contributed by atoms with van der Waals surface area (Å²) in [4.78, 5) is 22.7. The Morgan fingerprint density at radius 1 is 1.44 bits per heavy atom. The minimum absolute atomic E-state index is 0.154. The smallest absolute Gasteiger partial charge is 0.339 e. The number of rotatable bonds is 5. The van der Waals surface area contributed by atoms with E-state index in [9.17, 15) is 13.8 Å². The second-order valence-electron chi connectivity index (χ2n) is 4.27. The van der Waals surface area contributed by atoms with E-state index >= 15 is 0 Å². The molecule has 0 N–H and O–H groups in total. The van der Waals surface area contributed by atoms with Gasteiger partial charge in [-0.05, 0) is 15.6 Å². The van der Waals surface area contributed by atoms with Crippen LogP contribution in [0.2, 0.25) is 0 Å². The van der Waals surface area contributed by atoms with Crippen molar-refractivity contribution in [3.63, 3.8) is 0 Å². The molecule has 0 amide bonds. The van der Waals surface area contributed by atoms with Crippen molar-refractivity contribution >= 4 is 26.6 Å². The van der Waals surface area contributed by atoms with Gasteiger partial charge in [-0.15, -0.1) is 0 Å². The van der Waals surface area contributed by atoms with Crippen LogP contribution in [0.15, 0.2) is 18.5 Å². The molecule has 0 saturated carbocycles. The Morgan fingerprint density at radius 2 is 2.11 bits per heavy atom. The minimum atomic E-state index is -2.15. The molecule has 1 aromatic rings. The largest absolute Gasteiger partial charge is 0.465 e. The molecule has 0 unspecified atom stereocenters. The SMILES string of the molecule is COC(=O)c1ccn(CCC(=O)C=S(C)(C)=O)c1. The second-order valence-corrected chi connectivity index (χ2v) is 7.13.